The lowest BCUT2D eigenvalue weighted by Crippen LogP contribution is -2.31. The van der Waals surface area contributed by atoms with E-state index in [0.29, 0.717) is 29.0 Å². The molecule has 0 saturated heterocycles. The van der Waals surface area contributed by atoms with Gasteiger partial charge in [-0.3, -0.25) is 0 Å². The van der Waals surface area contributed by atoms with Crippen LogP contribution in [0.3, 0.4) is 0 Å². The zero-order valence-corrected chi connectivity index (χ0v) is 20.3. The summed E-state index contributed by atoms with van der Waals surface area (Å²) in [4.78, 5) is 0. The number of aliphatic hydroxyl groups excluding tert-OH is 2. The first kappa shape index (κ1) is 28.6. The van der Waals surface area contributed by atoms with Gasteiger partial charge in [0.1, 0.15) is 0 Å². The Kier molecular flexibility index (Phi) is 9.59. The van der Waals surface area contributed by atoms with Crippen LogP contribution >= 0.6 is 11.8 Å². The van der Waals surface area contributed by atoms with Crippen molar-refractivity contribution in [2.24, 2.45) is 5.92 Å². The van der Waals surface area contributed by atoms with Gasteiger partial charge in [-0.25, -0.2) is 0 Å². The SMILES string of the molecule is C[C@@H](OC1OC=CC(C(O)CSCCO)=C1C1C=CCCC1)c1cc(C(F)(F)F)cc(C(F)(F)F)c1. The molecule has 3 rings (SSSR count). The van der Waals surface area contributed by atoms with Crippen LogP contribution in [0.25, 0.3) is 0 Å². The lowest BCUT2D eigenvalue weighted by Gasteiger charge is -2.34. The molecule has 11 heteroatoms. The number of allylic oxidation sites excluding steroid dienone is 2. The Labute approximate surface area is 209 Å². The highest BCUT2D eigenvalue weighted by atomic mass is 32.2. The first-order chi connectivity index (χ1) is 16.9. The quantitative estimate of drug-likeness (QED) is 0.216. The number of aliphatic hydroxyl groups is 2. The minimum atomic E-state index is -4.97. The molecule has 1 aliphatic heterocycles. The van der Waals surface area contributed by atoms with Crippen LogP contribution in [0.15, 0.2) is 53.8 Å². The topological polar surface area (TPSA) is 58.9 Å². The van der Waals surface area contributed by atoms with E-state index in [1.807, 2.05) is 12.2 Å². The molecular weight excluding hydrogens is 510 g/mol. The minimum absolute atomic E-state index is 0.0479. The number of benzene rings is 1. The van der Waals surface area contributed by atoms with Crippen LogP contribution in [0.1, 0.15) is 49.0 Å². The predicted molar refractivity (Wildman–Crippen MR) is 124 cm³/mol. The zero-order chi connectivity index (χ0) is 26.5. The third kappa shape index (κ3) is 7.30. The number of thioether (sulfide) groups is 1. The summed E-state index contributed by atoms with van der Waals surface area (Å²) >= 11 is 1.34. The van der Waals surface area contributed by atoms with Crippen molar-refractivity contribution < 1.29 is 46.0 Å². The van der Waals surface area contributed by atoms with Crippen molar-refractivity contribution in [3.05, 3.63) is 70.5 Å². The molecule has 3 unspecified atom stereocenters. The number of ether oxygens (including phenoxy) is 2. The van der Waals surface area contributed by atoms with Gasteiger partial charge in [0.15, 0.2) is 0 Å². The Bertz CT molecular complexity index is 953. The van der Waals surface area contributed by atoms with Gasteiger partial charge in [0.2, 0.25) is 6.29 Å². The van der Waals surface area contributed by atoms with Crippen LogP contribution in [-0.4, -0.2) is 40.7 Å². The highest BCUT2D eigenvalue weighted by Crippen LogP contribution is 2.40. The summed E-state index contributed by atoms with van der Waals surface area (Å²) in [5, 5.41) is 19.8. The molecule has 36 heavy (non-hydrogen) atoms. The van der Waals surface area contributed by atoms with Crippen LogP contribution in [0.4, 0.5) is 26.3 Å². The van der Waals surface area contributed by atoms with Gasteiger partial charge in [0.05, 0.1) is 36.2 Å². The standard InChI is InChI=1S/C25H28F6O4S/c1-15(17-11-18(24(26,27)28)13-19(12-17)25(29,30)31)35-23-22(16-5-3-2-4-6-16)20(7-9-34-23)21(33)14-36-10-8-32/h3,5,7,9,11-13,15-16,21,23,32-33H,2,4,6,8,10,14H2,1H3/t15-,16?,21?,23?/m1/s1. The molecule has 0 spiro atoms. The van der Waals surface area contributed by atoms with E-state index in [2.05, 4.69) is 0 Å². The van der Waals surface area contributed by atoms with Crippen LogP contribution in [0.5, 0.6) is 0 Å². The molecule has 1 aromatic rings. The van der Waals surface area contributed by atoms with Crippen LogP contribution in [0, 0.1) is 5.92 Å². The maximum Gasteiger partial charge on any atom is 0.416 e. The molecule has 0 aromatic heterocycles. The van der Waals surface area contributed by atoms with E-state index in [-0.39, 0.29) is 29.9 Å². The fraction of sp³-hybridized carbons (Fsp3) is 0.520. The molecule has 0 saturated carbocycles. The Balaban J connectivity index is 1.95. The summed E-state index contributed by atoms with van der Waals surface area (Å²) in [6.45, 7) is 1.31. The van der Waals surface area contributed by atoms with Gasteiger partial charge in [0, 0.05) is 23.0 Å². The number of alkyl halides is 6. The van der Waals surface area contributed by atoms with Crippen molar-refractivity contribution in [1.29, 1.82) is 0 Å². The summed E-state index contributed by atoms with van der Waals surface area (Å²) in [6, 6.07) is 1.36. The van der Waals surface area contributed by atoms with Crippen molar-refractivity contribution in [2.45, 2.75) is 57.0 Å². The van der Waals surface area contributed by atoms with Gasteiger partial charge in [-0.15, -0.1) is 0 Å². The first-order valence-corrected chi connectivity index (χ1v) is 12.6. The summed E-state index contributed by atoms with van der Waals surface area (Å²) in [7, 11) is 0. The molecule has 2 N–H and O–H groups in total. The van der Waals surface area contributed by atoms with Crippen molar-refractivity contribution in [3.63, 3.8) is 0 Å². The van der Waals surface area contributed by atoms with Crippen molar-refractivity contribution in [3.8, 4) is 0 Å². The average molecular weight is 539 g/mol. The first-order valence-electron chi connectivity index (χ1n) is 11.5. The van der Waals surface area contributed by atoms with Gasteiger partial charge >= 0.3 is 12.4 Å². The Morgan fingerprint density at radius 1 is 1.11 bits per heavy atom. The minimum Gasteiger partial charge on any atom is -0.468 e. The third-order valence-corrected chi connectivity index (χ3v) is 6.99. The normalized spacial score (nSPS) is 22.5. The molecule has 1 aromatic carbocycles. The molecule has 0 fully saturated rings. The lowest BCUT2D eigenvalue weighted by atomic mass is 9.84. The summed E-state index contributed by atoms with van der Waals surface area (Å²) in [6.07, 6.45) is -3.90. The molecule has 1 heterocycles. The van der Waals surface area contributed by atoms with Crippen molar-refractivity contribution in [1.82, 2.24) is 0 Å². The maximum atomic E-state index is 13.3. The lowest BCUT2D eigenvalue weighted by molar-refractivity contribution is -0.143. The number of rotatable bonds is 9. The second-order valence-corrected chi connectivity index (χ2v) is 9.73. The largest absolute Gasteiger partial charge is 0.468 e. The Morgan fingerprint density at radius 2 is 1.78 bits per heavy atom. The van der Waals surface area contributed by atoms with Crippen LogP contribution < -0.4 is 0 Å². The van der Waals surface area contributed by atoms with Gasteiger partial charge in [-0.2, -0.15) is 38.1 Å². The monoisotopic (exact) mass is 538 g/mol. The fourth-order valence-electron chi connectivity index (χ4n) is 4.19. The molecule has 0 radical (unpaired) electrons. The molecule has 4 atom stereocenters. The van der Waals surface area contributed by atoms with E-state index >= 15 is 0 Å². The summed E-state index contributed by atoms with van der Waals surface area (Å²) < 4.78 is 91.5. The fourth-order valence-corrected chi connectivity index (χ4v) is 4.88. The maximum absolute atomic E-state index is 13.3. The number of hydrogen-bond acceptors (Lipinski definition) is 5. The van der Waals surface area contributed by atoms with Gasteiger partial charge in [0.25, 0.3) is 0 Å². The third-order valence-electron chi connectivity index (χ3n) is 5.97. The van der Waals surface area contributed by atoms with E-state index in [0.717, 1.165) is 19.3 Å². The number of hydrogen-bond donors (Lipinski definition) is 2. The molecule has 200 valence electrons. The second-order valence-electron chi connectivity index (χ2n) is 8.58. The van der Waals surface area contributed by atoms with E-state index in [1.165, 1.54) is 24.9 Å². The van der Waals surface area contributed by atoms with Crippen LogP contribution in [0.2, 0.25) is 0 Å². The Hall–Kier alpha value is -1.95. The predicted octanol–water partition coefficient (Wildman–Crippen LogP) is 6.41. The van der Waals surface area contributed by atoms with E-state index < -0.39 is 42.0 Å². The Morgan fingerprint density at radius 3 is 2.33 bits per heavy atom. The molecule has 4 nitrogen and oxygen atoms in total. The van der Waals surface area contributed by atoms with Crippen molar-refractivity contribution in [2.75, 3.05) is 18.1 Å². The summed E-state index contributed by atoms with van der Waals surface area (Å²) in [5.74, 6) is 0.531. The van der Waals surface area contributed by atoms with E-state index in [9.17, 15) is 31.4 Å². The van der Waals surface area contributed by atoms with Gasteiger partial charge in [-0.1, -0.05) is 12.2 Å². The van der Waals surface area contributed by atoms with Crippen molar-refractivity contribution >= 4 is 11.8 Å². The number of halogens is 6. The zero-order valence-electron chi connectivity index (χ0n) is 19.5. The smallest absolute Gasteiger partial charge is 0.416 e. The molecule has 0 bridgehead atoms. The average Bonchev–Trinajstić information content (AvgIpc) is 2.83. The van der Waals surface area contributed by atoms with E-state index in [4.69, 9.17) is 14.6 Å². The summed E-state index contributed by atoms with van der Waals surface area (Å²) in [5.41, 5.74) is -2.03. The molecular formula is C25H28F6O4S. The van der Waals surface area contributed by atoms with Gasteiger partial charge < -0.3 is 19.7 Å². The van der Waals surface area contributed by atoms with E-state index in [1.54, 1.807) is 6.08 Å². The molecule has 1 aliphatic carbocycles. The highest BCUT2D eigenvalue weighted by molar-refractivity contribution is 7.99. The molecule has 0 amide bonds. The molecule has 2 aliphatic rings. The highest BCUT2D eigenvalue weighted by Gasteiger charge is 2.38. The van der Waals surface area contributed by atoms with Gasteiger partial charge in [-0.05, 0) is 61.6 Å². The van der Waals surface area contributed by atoms with Crippen LogP contribution in [-0.2, 0) is 21.8 Å². The second kappa shape index (κ2) is 12.1.